The van der Waals surface area contributed by atoms with Crippen LogP contribution < -0.4 is 16.0 Å². The first-order chi connectivity index (χ1) is 9.79. The molecule has 20 heavy (non-hydrogen) atoms. The van der Waals surface area contributed by atoms with Gasteiger partial charge in [0.1, 0.15) is 5.75 Å². The van der Waals surface area contributed by atoms with E-state index in [1.807, 2.05) is 19.2 Å². The van der Waals surface area contributed by atoms with Crippen LogP contribution in [0.1, 0.15) is 34.8 Å². The first-order valence-electron chi connectivity index (χ1n) is 6.93. The number of pyridine rings is 1. The van der Waals surface area contributed by atoms with E-state index in [-0.39, 0.29) is 6.04 Å². The van der Waals surface area contributed by atoms with Gasteiger partial charge in [-0.15, -0.1) is 0 Å². The topological polar surface area (TPSA) is 60.2 Å². The van der Waals surface area contributed by atoms with E-state index < -0.39 is 0 Å². The molecule has 2 aromatic rings. The summed E-state index contributed by atoms with van der Waals surface area (Å²) in [5.41, 5.74) is 7.26. The number of para-hydroxylation sites is 1. The molecule has 3 N–H and O–H groups in total. The molecule has 1 aliphatic rings. The number of hydrazine groups is 1. The monoisotopic (exact) mass is 269 g/mol. The Bertz CT molecular complexity index is 595. The normalized spacial score (nSPS) is 15.3. The van der Waals surface area contributed by atoms with Crippen molar-refractivity contribution in [1.82, 2.24) is 10.4 Å². The molecular formula is C16H19N3O. The Morgan fingerprint density at radius 2 is 2.20 bits per heavy atom. The predicted octanol–water partition coefficient (Wildman–Crippen LogP) is 2.27. The zero-order chi connectivity index (χ0) is 13.9. The highest BCUT2D eigenvalue weighted by molar-refractivity contribution is 5.47. The number of nitrogens with two attached hydrogens (primary N) is 1. The minimum absolute atomic E-state index is 0.101. The molecule has 1 unspecified atom stereocenters. The maximum absolute atomic E-state index is 5.87. The molecule has 3 rings (SSSR count). The molecule has 0 spiro atoms. The molecule has 1 aliphatic heterocycles. The lowest BCUT2D eigenvalue weighted by atomic mass is 9.95. The molecule has 104 valence electrons. The Kier molecular flexibility index (Phi) is 3.67. The third kappa shape index (κ3) is 2.40. The van der Waals surface area contributed by atoms with Crippen LogP contribution in [0, 0.1) is 6.92 Å². The number of nitrogens with one attached hydrogen (secondary N) is 1. The van der Waals surface area contributed by atoms with Crippen LogP contribution in [0.2, 0.25) is 0 Å². The molecule has 1 aromatic heterocycles. The van der Waals surface area contributed by atoms with Crippen molar-refractivity contribution >= 4 is 0 Å². The van der Waals surface area contributed by atoms with Gasteiger partial charge in [-0.25, -0.2) is 5.43 Å². The van der Waals surface area contributed by atoms with Crippen LogP contribution in [0.15, 0.2) is 36.5 Å². The van der Waals surface area contributed by atoms with Crippen LogP contribution in [0.5, 0.6) is 5.75 Å². The Morgan fingerprint density at radius 1 is 1.30 bits per heavy atom. The summed E-state index contributed by atoms with van der Waals surface area (Å²) in [6.45, 7) is 2.75. The standard InChI is InChI=1S/C16H19N3O/c1-11-7-8-13(10-18-11)15(19-17)14-6-2-4-12-5-3-9-20-16(12)14/h2,4,6-8,10,15,19H,3,5,9,17H2,1H3. The summed E-state index contributed by atoms with van der Waals surface area (Å²) in [6, 6.07) is 10.2. The summed E-state index contributed by atoms with van der Waals surface area (Å²) in [5, 5.41) is 0. The van der Waals surface area contributed by atoms with Gasteiger partial charge >= 0.3 is 0 Å². The number of hydrogen-bond acceptors (Lipinski definition) is 4. The first-order valence-corrected chi connectivity index (χ1v) is 6.93. The maximum atomic E-state index is 5.87. The number of aryl methyl sites for hydroxylation is 2. The van der Waals surface area contributed by atoms with Crippen molar-refractivity contribution in [2.75, 3.05) is 6.61 Å². The van der Waals surface area contributed by atoms with Crippen LogP contribution in [-0.2, 0) is 6.42 Å². The molecule has 2 heterocycles. The van der Waals surface area contributed by atoms with E-state index in [0.717, 1.165) is 42.0 Å². The summed E-state index contributed by atoms with van der Waals surface area (Å²) >= 11 is 0. The molecular weight excluding hydrogens is 250 g/mol. The second-order valence-corrected chi connectivity index (χ2v) is 5.12. The highest BCUT2D eigenvalue weighted by atomic mass is 16.5. The van der Waals surface area contributed by atoms with Gasteiger partial charge < -0.3 is 4.74 Å². The summed E-state index contributed by atoms with van der Waals surface area (Å²) < 4.78 is 5.87. The molecule has 4 heteroatoms. The average Bonchev–Trinajstić information content (AvgIpc) is 2.50. The van der Waals surface area contributed by atoms with E-state index >= 15 is 0 Å². The smallest absolute Gasteiger partial charge is 0.127 e. The Hall–Kier alpha value is -1.91. The van der Waals surface area contributed by atoms with Gasteiger partial charge in [0.25, 0.3) is 0 Å². The van der Waals surface area contributed by atoms with Crippen LogP contribution >= 0.6 is 0 Å². The molecule has 0 bridgehead atoms. The van der Waals surface area contributed by atoms with Crippen molar-refractivity contribution in [3.63, 3.8) is 0 Å². The molecule has 4 nitrogen and oxygen atoms in total. The van der Waals surface area contributed by atoms with Gasteiger partial charge in [-0.05, 0) is 37.0 Å². The van der Waals surface area contributed by atoms with Crippen molar-refractivity contribution in [1.29, 1.82) is 0 Å². The molecule has 1 atom stereocenters. The van der Waals surface area contributed by atoms with Gasteiger partial charge in [0.2, 0.25) is 0 Å². The van der Waals surface area contributed by atoms with E-state index in [1.54, 1.807) is 0 Å². The number of benzene rings is 1. The van der Waals surface area contributed by atoms with Crippen molar-refractivity contribution < 1.29 is 4.74 Å². The number of ether oxygens (including phenoxy) is 1. The van der Waals surface area contributed by atoms with Gasteiger partial charge in [0.15, 0.2) is 0 Å². The fraction of sp³-hybridized carbons (Fsp3) is 0.312. The second kappa shape index (κ2) is 5.61. The Balaban J connectivity index is 2.03. The van der Waals surface area contributed by atoms with Crippen molar-refractivity contribution in [3.8, 4) is 5.75 Å². The molecule has 0 saturated heterocycles. The quantitative estimate of drug-likeness (QED) is 0.663. The zero-order valence-corrected chi connectivity index (χ0v) is 11.6. The van der Waals surface area contributed by atoms with E-state index in [0.29, 0.717) is 0 Å². The zero-order valence-electron chi connectivity index (χ0n) is 11.6. The van der Waals surface area contributed by atoms with Gasteiger partial charge in [0.05, 0.1) is 12.6 Å². The lowest BCUT2D eigenvalue weighted by Crippen LogP contribution is -2.30. The summed E-state index contributed by atoms with van der Waals surface area (Å²) in [7, 11) is 0. The van der Waals surface area contributed by atoms with Crippen LogP contribution in [0.4, 0.5) is 0 Å². The predicted molar refractivity (Wildman–Crippen MR) is 78.4 cm³/mol. The Labute approximate surface area is 119 Å². The molecule has 0 radical (unpaired) electrons. The minimum Gasteiger partial charge on any atom is -0.493 e. The fourth-order valence-electron chi connectivity index (χ4n) is 2.66. The van der Waals surface area contributed by atoms with Gasteiger partial charge in [0, 0.05) is 17.5 Å². The lowest BCUT2D eigenvalue weighted by molar-refractivity contribution is 0.283. The van der Waals surface area contributed by atoms with E-state index in [1.165, 1.54) is 5.56 Å². The highest BCUT2D eigenvalue weighted by Gasteiger charge is 2.21. The van der Waals surface area contributed by atoms with E-state index in [4.69, 9.17) is 10.6 Å². The van der Waals surface area contributed by atoms with Crippen LogP contribution in [0.3, 0.4) is 0 Å². The average molecular weight is 269 g/mol. The SMILES string of the molecule is Cc1ccc(C(NN)c2cccc3c2OCCC3)cn1. The number of hydrogen-bond donors (Lipinski definition) is 2. The fourth-order valence-corrected chi connectivity index (χ4v) is 2.66. The van der Waals surface area contributed by atoms with Crippen molar-refractivity contribution in [2.45, 2.75) is 25.8 Å². The number of rotatable bonds is 3. The Morgan fingerprint density at radius 3 is 2.95 bits per heavy atom. The van der Waals surface area contributed by atoms with Gasteiger partial charge in [-0.1, -0.05) is 24.3 Å². The molecule has 0 amide bonds. The third-order valence-corrected chi connectivity index (χ3v) is 3.71. The number of aromatic nitrogens is 1. The molecule has 0 saturated carbocycles. The largest absolute Gasteiger partial charge is 0.493 e. The lowest BCUT2D eigenvalue weighted by Gasteiger charge is -2.25. The highest BCUT2D eigenvalue weighted by Crippen LogP contribution is 2.35. The van der Waals surface area contributed by atoms with Crippen LogP contribution in [0.25, 0.3) is 0 Å². The summed E-state index contributed by atoms with van der Waals surface area (Å²) in [4.78, 5) is 4.35. The minimum atomic E-state index is -0.101. The molecule has 0 fully saturated rings. The summed E-state index contributed by atoms with van der Waals surface area (Å²) in [5.74, 6) is 6.75. The van der Waals surface area contributed by atoms with Gasteiger partial charge in [-0.3, -0.25) is 10.8 Å². The van der Waals surface area contributed by atoms with Gasteiger partial charge in [-0.2, -0.15) is 0 Å². The van der Waals surface area contributed by atoms with Crippen LogP contribution in [-0.4, -0.2) is 11.6 Å². The molecule has 1 aromatic carbocycles. The summed E-state index contributed by atoms with van der Waals surface area (Å²) in [6.07, 6.45) is 4.00. The van der Waals surface area contributed by atoms with E-state index in [2.05, 4.69) is 34.7 Å². The second-order valence-electron chi connectivity index (χ2n) is 5.12. The molecule has 0 aliphatic carbocycles. The first kappa shape index (κ1) is 13.1. The van der Waals surface area contributed by atoms with Crippen molar-refractivity contribution in [3.05, 3.63) is 58.9 Å². The van der Waals surface area contributed by atoms with Crippen molar-refractivity contribution in [2.24, 2.45) is 5.84 Å². The number of nitrogens with zero attached hydrogens (tertiary/aromatic N) is 1. The van der Waals surface area contributed by atoms with E-state index in [9.17, 15) is 0 Å². The third-order valence-electron chi connectivity index (χ3n) is 3.71. The maximum Gasteiger partial charge on any atom is 0.127 e. The number of fused-ring (bicyclic) bond motifs is 1.